The molecule has 0 amide bonds. The van der Waals surface area contributed by atoms with Gasteiger partial charge in [-0.05, 0) is 39.5 Å². The third-order valence-electron chi connectivity index (χ3n) is 4.32. The maximum Gasteiger partial charge on any atom is 0.157 e. The van der Waals surface area contributed by atoms with E-state index in [1.165, 1.54) is 32.1 Å². The highest BCUT2D eigenvalue weighted by molar-refractivity contribution is 5.24. The van der Waals surface area contributed by atoms with Crippen LogP contribution in [-0.2, 0) is 11.3 Å². The van der Waals surface area contributed by atoms with Gasteiger partial charge in [-0.25, -0.2) is 9.97 Å². The lowest BCUT2D eigenvalue weighted by molar-refractivity contribution is -0.000420. The van der Waals surface area contributed by atoms with E-state index in [0.29, 0.717) is 19.1 Å². The summed E-state index contributed by atoms with van der Waals surface area (Å²) in [6.07, 6.45) is 6.44. The van der Waals surface area contributed by atoms with E-state index in [9.17, 15) is 0 Å². The Morgan fingerprint density at radius 1 is 1.15 bits per heavy atom. The molecule has 1 unspecified atom stereocenters. The van der Waals surface area contributed by atoms with Gasteiger partial charge in [-0.2, -0.15) is 0 Å². The number of ether oxygens (including phenoxy) is 1. The van der Waals surface area contributed by atoms with E-state index in [2.05, 4.69) is 9.97 Å². The Morgan fingerprint density at radius 2 is 1.75 bits per heavy atom. The van der Waals surface area contributed by atoms with E-state index < -0.39 is 0 Å². The average Bonchev–Trinajstić information content (AvgIpc) is 2.45. The van der Waals surface area contributed by atoms with Crippen molar-refractivity contribution in [1.82, 2.24) is 9.97 Å². The third kappa shape index (κ3) is 3.36. The number of aromatic nitrogens is 2. The summed E-state index contributed by atoms with van der Waals surface area (Å²) in [5, 5.41) is 0. The summed E-state index contributed by atoms with van der Waals surface area (Å²) in [5.41, 5.74) is 8.82. The van der Waals surface area contributed by atoms with Crippen LogP contribution in [-0.4, -0.2) is 16.6 Å². The molecule has 4 heteroatoms. The van der Waals surface area contributed by atoms with Crippen molar-refractivity contribution < 1.29 is 4.74 Å². The Balaban J connectivity index is 2.28. The molecule has 2 N–H and O–H groups in total. The Bertz CT molecular complexity index is 418. The predicted molar refractivity (Wildman–Crippen MR) is 80.3 cm³/mol. The van der Waals surface area contributed by atoms with Crippen LogP contribution in [0.15, 0.2) is 0 Å². The first kappa shape index (κ1) is 15.4. The zero-order chi connectivity index (χ0) is 14.5. The molecule has 4 nitrogen and oxygen atoms in total. The summed E-state index contributed by atoms with van der Waals surface area (Å²) >= 11 is 0. The van der Waals surface area contributed by atoms with Crippen LogP contribution in [0.5, 0.6) is 0 Å². The topological polar surface area (TPSA) is 61.0 Å². The van der Waals surface area contributed by atoms with Crippen LogP contribution in [0.4, 0.5) is 0 Å². The quantitative estimate of drug-likeness (QED) is 0.897. The minimum atomic E-state index is 0.0459. The van der Waals surface area contributed by atoms with Gasteiger partial charge in [0, 0.05) is 30.1 Å². The van der Waals surface area contributed by atoms with Gasteiger partial charge < -0.3 is 10.5 Å². The molecule has 1 atom stereocenters. The number of nitrogens with zero attached hydrogens (tertiary/aromatic N) is 2. The van der Waals surface area contributed by atoms with Crippen molar-refractivity contribution in [3.8, 4) is 0 Å². The molecule has 0 radical (unpaired) electrons. The number of hydrogen-bond acceptors (Lipinski definition) is 4. The molecule has 1 aromatic heterocycles. The highest BCUT2D eigenvalue weighted by Crippen LogP contribution is 2.35. The average molecular weight is 277 g/mol. The number of rotatable bonds is 5. The Morgan fingerprint density at radius 3 is 2.25 bits per heavy atom. The minimum Gasteiger partial charge on any atom is -0.370 e. The van der Waals surface area contributed by atoms with Crippen LogP contribution in [0, 0.1) is 19.8 Å². The SMILES string of the molecule is CCOC(c1nc(C)c(CN)c(C)n1)C1CCCCC1. The van der Waals surface area contributed by atoms with Crippen LogP contribution in [0.2, 0.25) is 0 Å². The minimum absolute atomic E-state index is 0.0459. The van der Waals surface area contributed by atoms with Gasteiger partial charge in [-0.1, -0.05) is 19.3 Å². The summed E-state index contributed by atoms with van der Waals surface area (Å²) < 4.78 is 5.99. The molecule has 1 saturated carbocycles. The lowest BCUT2D eigenvalue weighted by atomic mass is 9.84. The second-order valence-electron chi connectivity index (χ2n) is 5.71. The van der Waals surface area contributed by atoms with E-state index in [-0.39, 0.29) is 6.10 Å². The smallest absolute Gasteiger partial charge is 0.157 e. The van der Waals surface area contributed by atoms with Crippen LogP contribution >= 0.6 is 0 Å². The zero-order valence-electron chi connectivity index (χ0n) is 13.0. The summed E-state index contributed by atoms with van der Waals surface area (Å²) in [5.74, 6) is 1.41. The van der Waals surface area contributed by atoms with E-state index in [4.69, 9.17) is 10.5 Å². The van der Waals surface area contributed by atoms with Gasteiger partial charge in [0.1, 0.15) is 6.10 Å². The van der Waals surface area contributed by atoms with Gasteiger partial charge in [-0.15, -0.1) is 0 Å². The highest BCUT2D eigenvalue weighted by Gasteiger charge is 2.28. The van der Waals surface area contributed by atoms with E-state index in [0.717, 1.165) is 22.8 Å². The first-order chi connectivity index (χ1) is 9.67. The van der Waals surface area contributed by atoms with Crippen LogP contribution < -0.4 is 5.73 Å². The first-order valence-electron chi connectivity index (χ1n) is 7.83. The van der Waals surface area contributed by atoms with Crippen molar-refractivity contribution in [2.45, 2.75) is 65.5 Å². The molecule has 0 bridgehead atoms. The Labute approximate surface area is 122 Å². The second kappa shape index (κ2) is 7.14. The molecule has 0 saturated heterocycles. The Kier molecular flexibility index (Phi) is 5.49. The van der Waals surface area contributed by atoms with Crippen molar-refractivity contribution in [2.24, 2.45) is 11.7 Å². The molecule has 0 aromatic carbocycles. The fourth-order valence-corrected chi connectivity index (χ4v) is 3.23. The predicted octanol–water partition coefficient (Wildman–Crippen LogP) is 3.21. The summed E-state index contributed by atoms with van der Waals surface area (Å²) in [6, 6.07) is 0. The summed E-state index contributed by atoms with van der Waals surface area (Å²) in [4.78, 5) is 9.37. The van der Waals surface area contributed by atoms with Crippen molar-refractivity contribution in [3.05, 3.63) is 22.8 Å². The molecule has 0 aliphatic heterocycles. The first-order valence-corrected chi connectivity index (χ1v) is 7.83. The fourth-order valence-electron chi connectivity index (χ4n) is 3.23. The van der Waals surface area contributed by atoms with Crippen LogP contribution in [0.1, 0.15) is 67.9 Å². The molecule has 1 heterocycles. The van der Waals surface area contributed by atoms with Crippen molar-refractivity contribution >= 4 is 0 Å². The van der Waals surface area contributed by atoms with Crippen molar-refractivity contribution in [3.63, 3.8) is 0 Å². The zero-order valence-corrected chi connectivity index (χ0v) is 13.0. The summed E-state index contributed by atoms with van der Waals surface area (Å²) in [7, 11) is 0. The largest absolute Gasteiger partial charge is 0.370 e. The fraction of sp³-hybridized carbons (Fsp3) is 0.750. The molecule has 1 aromatic rings. The standard InChI is InChI=1S/C16H27N3O/c1-4-20-15(13-8-6-5-7-9-13)16-18-11(2)14(10-17)12(3)19-16/h13,15H,4-10,17H2,1-3H3. The lowest BCUT2D eigenvalue weighted by Crippen LogP contribution is -2.22. The van der Waals surface area contributed by atoms with E-state index >= 15 is 0 Å². The molecule has 0 spiro atoms. The van der Waals surface area contributed by atoms with Gasteiger partial charge in [0.05, 0.1) is 0 Å². The molecule has 112 valence electrons. The van der Waals surface area contributed by atoms with Gasteiger partial charge >= 0.3 is 0 Å². The number of aryl methyl sites for hydroxylation is 2. The molecule has 2 rings (SSSR count). The highest BCUT2D eigenvalue weighted by atomic mass is 16.5. The van der Waals surface area contributed by atoms with Crippen LogP contribution in [0.25, 0.3) is 0 Å². The monoisotopic (exact) mass is 277 g/mol. The molecule has 20 heavy (non-hydrogen) atoms. The normalized spacial score (nSPS) is 18.2. The molecule has 1 aliphatic carbocycles. The second-order valence-corrected chi connectivity index (χ2v) is 5.71. The van der Waals surface area contributed by atoms with Crippen LogP contribution in [0.3, 0.4) is 0 Å². The Hall–Kier alpha value is -1.00. The van der Waals surface area contributed by atoms with Gasteiger partial charge in [0.15, 0.2) is 5.82 Å². The number of hydrogen-bond donors (Lipinski definition) is 1. The molecular weight excluding hydrogens is 250 g/mol. The van der Waals surface area contributed by atoms with Gasteiger partial charge in [-0.3, -0.25) is 0 Å². The maximum atomic E-state index is 5.99. The van der Waals surface area contributed by atoms with Gasteiger partial charge in [0.2, 0.25) is 0 Å². The third-order valence-corrected chi connectivity index (χ3v) is 4.32. The lowest BCUT2D eigenvalue weighted by Gasteiger charge is -2.29. The molecule has 1 aliphatic rings. The maximum absolute atomic E-state index is 5.99. The van der Waals surface area contributed by atoms with E-state index in [1.54, 1.807) is 0 Å². The van der Waals surface area contributed by atoms with Crippen molar-refractivity contribution in [2.75, 3.05) is 6.61 Å². The van der Waals surface area contributed by atoms with E-state index in [1.807, 2.05) is 20.8 Å². The van der Waals surface area contributed by atoms with Gasteiger partial charge in [0.25, 0.3) is 0 Å². The molecular formula is C16H27N3O. The number of nitrogens with two attached hydrogens (primary N) is 1. The van der Waals surface area contributed by atoms with Crippen molar-refractivity contribution in [1.29, 1.82) is 0 Å². The molecule has 1 fully saturated rings. The summed E-state index contributed by atoms with van der Waals surface area (Å²) in [6.45, 7) is 7.29.